The van der Waals surface area contributed by atoms with E-state index in [1.807, 2.05) is 0 Å². The van der Waals surface area contributed by atoms with E-state index in [9.17, 15) is 0 Å². The molecular weight excluding hydrogens is 829 g/mol. The Morgan fingerprint density at radius 3 is 1.23 bits per heavy atom. The molecule has 2 atom stereocenters. The molecule has 2 aliphatic heterocycles. The Bertz CT molecular complexity index is 2430. The summed E-state index contributed by atoms with van der Waals surface area (Å²) >= 11 is 12.4. The first-order chi connectivity index (χ1) is 29.4. The smallest absolute Gasteiger partial charge is 0.263 e. The number of hydrogen-bond acceptors (Lipinski definition) is 15. The van der Waals surface area contributed by atoms with Gasteiger partial charge in [-0.1, -0.05) is 94.2 Å². The summed E-state index contributed by atoms with van der Waals surface area (Å²) < 4.78 is 67.1. The molecule has 0 N–H and O–H groups in total. The molecule has 0 amide bonds. The van der Waals surface area contributed by atoms with Crippen molar-refractivity contribution in [2.75, 3.05) is 26.4 Å². The Hall–Kier alpha value is -7.11. The molecule has 0 saturated carbocycles. The summed E-state index contributed by atoms with van der Waals surface area (Å²) in [5.74, 6) is -7.83. The molecule has 0 aliphatic carbocycles. The number of nitrogens with zero attached hydrogens (tertiary/aromatic N) is 6. The van der Waals surface area contributed by atoms with Crippen molar-refractivity contribution in [3.8, 4) is 46.5 Å². The zero-order valence-electron chi connectivity index (χ0n) is 30.7. The van der Waals surface area contributed by atoms with Crippen LogP contribution in [0.15, 0.2) is 120 Å². The molecular formula is C41H28Cl2F2N6O9. The van der Waals surface area contributed by atoms with Gasteiger partial charge in [0, 0.05) is 11.1 Å². The lowest BCUT2D eigenvalue weighted by Crippen LogP contribution is -2.36. The Kier molecular flexibility index (Phi) is 12.1. The largest absolute Gasteiger partial charge is 0.474 e. The minimum absolute atomic E-state index is 0.0332. The number of rotatable bonds is 14. The first-order valence-electron chi connectivity index (χ1n) is 17.9. The summed E-state index contributed by atoms with van der Waals surface area (Å²) in [4.78, 5) is 41.9. The summed E-state index contributed by atoms with van der Waals surface area (Å²) in [6.07, 6.45) is 2.08. The molecule has 2 aliphatic rings. The number of oxime groups is 2. The fourth-order valence-corrected chi connectivity index (χ4v) is 6.30. The van der Waals surface area contributed by atoms with Crippen LogP contribution in [0.2, 0.25) is 10.0 Å². The molecule has 4 heterocycles. The average Bonchev–Trinajstić information content (AvgIpc) is 3.27. The Morgan fingerprint density at radius 1 is 0.517 bits per heavy atom. The standard InChI is InChI=1S/C41H28Cl2F2N6O9/c42-25-11-3-7-15-29(25)59-40-33(44)38(46-21-48-40)57-27-13-5-1-9-23(27)31(36-50-55-19-17-53-36)35(52)32(37-51-56-20-18-54-37)24-10-2-6-14-28(24)58-39-34(45)41(49-22-47-39)60-30-16-8-4-12-26(30)43/h1-16,21-22,31-32H,17-20H2. The van der Waals surface area contributed by atoms with Gasteiger partial charge in [-0.15, -0.1) is 0 Å². The lowest BCUT2D eigenvalue weighted by Gasteiger charge is -2.28. The van der Waals surface area contributed by atoms with Crippen molar-refractivity contribution in [3.05, 3.63) is 143 Å². The van der Waals surface area contributed by atoms with Crippen LogP contribution in [0, 0.1) is 11.6 Å². The molecule has 304 valence electrons. The number of Topliss-reactive ketones (excluding diaryl/α,β-unsaturated/α-hetero) is 1. The molecule has 8 rings (SSSR count). The van der Waals surface area contributed by atoms with E-state index in [0.29, 0.717) is 0 Å². The maximum absolute atomic E-state index is 16.0. The van der Waals surface area contributed by atoms with Gasteiger partial charge in [-0.2, -0.15) is 28.7 Å². The van der Waals surface area contributed by atoms with E-state index < -0.39 is 52.8 Å². The van der Waals surface area contributed by atoms with E-state index in [4.69, 9.17) is 61.3 Å². The number of benzene rings is 4. The number of carbonyl (C=O) groups is 1. The summed E-state index contributed by atoms with van der Waals surface area (Å²) in [6, 6.07) is 25.4. The van der Waals surface area contributed by atoms with E-state index in [0.717, 1.165) is 12.7 Å². The SMILES string of the molecule is O=C(C(C1=NOCCO1)c1ccccc1Oc1ncnc(Oc2ccccc2Cl)c1F)C(C1=NOCCO1)c1ccccc1Oc1ncnc(Oc2ccccc2Cl)c1F. The molecule has 15 nitrogen and oxygen atoms in total. The number of para-hydroxylation sites is 4. The Balaban J connectivity index is 1.18. The maximum Gasteiger partial charge on any atom is 0.263 e. The summed E-state index contributed by atoms with van der Waals surface area (Å²) in [6.45, 7) is 0.259. The molecule has 19 heteroatoms. The van der Waals surface area contributed by atoms with Gasteiger partial charge in [0.2, 0.25) is 23.4 Å². The number of aromatic nitrogens is 4. The van der Waals surface area contributed by atoms with Gasteiger partial charge < -0.3 is 38.1 Å². The van der Waals surface area contributed by atoms with Crippen LogP contribution in [-0.2, 0) is 23.9 Å². The lowest BCUT2D eigenvalue weighted by molar-refractivity contribution is -0.120. The van der Waals surface area contributed by atoms with Crippen molar-refractivity contribution in [2.45, 2.75) is 11.8 Å². The first-order valence-corrected chi connectivity index (χ1v) is 18.7. The van der Waals surface area contributed by atoms with E-state index in [1.165, 1.54) is 24.3 Å². The molecule has 60 heavy (non-hydrogen) atoms. The van der Waals surface area contributed by atoms with Gasteiger partial charge >= 0.3 is 0 Å². The number of halogens is 4. The second-order valence-corrected chi connectivity index (χ2v) is 13.2. The highest BCUT2D eigenvalue weighted by molar-refractivity contribution is 6.32. The second kappa shape index (κ2) is 18.2. The minimum Gasteiger partial charge on any atom is -0.474 e. The van der Waals surface area contributed by atoms with Crippen molar-refractivity contribution in [2.24, 2.45) is 10.3 Å². The predicted molar refractivity (Wildman–Crippen MR) is 209 cm³/mol. The second-order valence-electron chi connectivity index (χ2n) is 12.4. The molecule has 2 aromatic heterocycles. The van der Waals surface area contributed by atoms with Crippen molar-refractivity contribution >= 4 is 40.8 Å². The van der Waals surface area contributed by atoms with Gasteiger partial charge in [-0.05, 0) is 36.4 Å². The van der Waals surface area contributed by atoms with Crippen LogP contribution in [0.4, 0.5) is 8.78 Å². The third-order valence-corrected chi connectivity index (χ3v) is 9.26. The van der Waals surface area contributed by atoms with Crippen molar-refractivity contribution in [1.82, 2.24) is 19.9 Å². The monoisotopic (exact) mass is 856 g/mol. The van der Waals surface area contributed by atoms with Crippen LogP contribution in [0.1, 0.15) is 23.0 Å². The van der Waals surface area contributed by atoms with E-state index in [2.05, 4.69) is 30.2 Å². The maximum atomic E-state index is 16.0. The fourth-order valence-electron chi connectivity index (χ4n) is 5.95. The van der Waals surface area contributed by atoms with Crippen LogP contribution in [0.25, 0.3) is 0 Å². The highest BCUT2D eigenvalue weighted by Gasteiger charge is 2.43. The van der Waals surface area contributed by atoms with Gasteiger partial charge in [0.05, 0.1) is 10.0 Å². The van der Waals surface area contributed by atoms with Gasteiger partial charge in [0.15, 0.2) is 19.0 Å². The topological polar surface area (TPSA) is 167 Å². The highest BCUT2D eigenvalue weighted by atomic mass is 35.5. The lowest BCUT2D eigenvalue weighted by atomic mass is 9.82. The molecule has 0 bridgehead atoms. The number of ether oxygens (including phenoxy) is 6. The molecule has 0 radical (unpaired) electrons. The van der Waals surface area contributed by atoms with Crippen LogP contribution in [0.3, 0.4) is 0 Å². The van der Waals surface area contributed by atoms with Crippen LogP contribution < -0.4 is 18.9 Å². The number of ketones is 1. The van der Waals surface area contributed by atoms with Gasteiger partial charge in [0.25, 0.3) is 23.5 Å². The zero-order chi connectivity index (χ0) is 41.4. The number of carbonyl (C=O) groups excluding carboxylic acids is 1. The van der Waals surface area contributed by atoms with Gasteiger partial charge in [-0.25, -0.2) is 0 Å². The molecule has 0 saturated heterocycles. The van der Waals surface area contributed by atoms with Crippen LogP contribution in [0.5, 0.6) is 46.5 Å². The fraction of sp³-hybridized carbons (Fsp3) is 0.146. The zero-order valence-corrected chi connectivity index (χ0v) is 32.3. The summed E-state index contributed by atoms with van der Waals surface area (Å²) in [5.41, 5.74) is 0.282. The summed E-state index contributed by atoms with van der Waals surface area (Å²) in [7, 11) is 0. The van der Waals surface area contributed by atoms with Crippen molar-refractivity contribution < 1.29 is 51.7 Å². The van der Waals surface area contributed by atoms with Crippen LogP contribution in [-0.4, -0.2) is 63.9 Å². The van der Waals surface area contributed by atoms with Crippen LogP contribution >= 0.6 is 23.2 Å². The Labute approximate surface area is 349 Å². The molecule has 6 aromatic rings. The van der Waals surface area contributed by atoms with Gasteiger partial charge in [-0.3, -0.25) is 4.79 Å². The van der Waals surface area contributed by atoms with Gasteiger partial charge in [0.1, 0.15) is 60.7 Å². The third kappa shape index (κ3) is 8.67. The molecule has 2 unspecified atom stereocenters. The van der Waals surface area contributed by atoms with E-state index in [-0.39, 0.29) is 82.4 Å². The summed E-state index contributed by atoms with van der Waals surface area (Å²) in [5, 5.41) is 8.61. The minimum atomic E-state index is -1.44. The highest BCUT2D eigenvalue weighted by Crippen LogP contribution is 2.42. The Morgan fingerprint density at radius 2 is 0.867 bits per heavy atom. The van der Waals surface area contributed by atoms with E-state index >= 15 is 13.6 Å². The van der Waals surface area contributed by atoms with E-state index in [1.54, 1.807) is 72.8 Å². The molecule has 4 aromatic carbocycles. The predicted octanol–water partition coefficient (Wildman–Crippen LogP) is 9.18. The molecule has 0 spiro atoms. The number of hydrogen-bond donors (Lipinski definition) is 0. The van der Waals surface area contributed by atoms with Crippen molar-refractivity contribution in [3.63, 3.8) is 0 Å². The average molecular weight is 858 g/mol. The quantitative estimate of drug-likeness (QED) is 0.102. The third-order valence-electron chi connectivity index (χ3n) is 8.63. The van der Waals surface area contributed by atoms with Crippen molar-refractivity contribution in [1.29, 1.82) is 0 Å². The molecule has 0 fully saturated rings. The first kappa shape index (κ1) is 39.7. The normalized spacial score (nSPS) is 14.4.